The van der Waals surface area contributed by atoms with Crippen molar-refractivity contribution in [2.75, 3.05) is 32.9 Å². The van der Waals surface area contributed by atoms with E-state index < -0.39 is 36.2 Å². The second-order valence-electron chi connectivity index (χ2n) is 5.51. The lowest BCUT2D eigenvalue weighted by atomic mass is 10.1. The summed E-state index contributed by atoms with van der Waals surface area (Å²) >= 11 is 0. The van der Waals surface area contributed by atoms with Crippen molar-refractivity contribution in [3.63, 3.8) is 0 Å². The number of alkyl carbamates (subject to hydrolysis) is 2. The fourth-order valence-corrected chi connectivity index (χ4v) is 1.80. The van der Waals surface area contributed by atoms with Crippen molar-refractivity contribution < 1.29 is 48.0 Å². The molecule has 168 valence electrons. The smallest absolute Gasteiger partial charge is 0.407 e. The Morgan fingerprint density at radius 1 is 0.867 bits per heavy atom. The number of esters is 2. The molecule has 0 spiro atoms. The molecule has 1 unspecified atom stereocenters. The van der Waals surface area contributed by atoms with Gasteiger partial charge in [-0.2, -0.15) is 0 Å². The van der Waals surface area contributed by atoms with Crippen LogP contribution in [0.25, 0.3) is 0 Å². The minimum atomic E-state index is -1.02. The number of carboxylic acid groups (broad SMARTS) is 1. The molecular weight excluding hydrogens is 404 g/mol. The first-order valence-corrected chi connectivity index (χ1v) is 8.93. The van der Waals surface area contributed by atoms with Gasteiger partial charge in [-0.1, -0.05) is 13.2 Å². The van der Waals surface area contributed by atoms with Crippen LogP contribution in [0.5, 0.6) is 0 Å². The van der Waals surface area contributed by atoms with E-state index in [1.807, 2.05) is 0 Å². The normalized spacial score (nSPS) is 10.7. The van der Waals surface area contributed by atoms with Crippen LogP contribution in [0, 0.1) is 0 Å². The van der Waals surface area contributed by atoms with Crippen molar-refractivity contribution >= 4 is 30.1 Å². The second-order valence-corrected chi connectivity index (χ2v) is 5.51. The molecule has 0 aromatic carbocycles. The molecule has 0 fully saturated rings. The van der Waals surface area contributed by atoms with Crippen LogP contribution in [0.4, 0.5) is 9.59 Å². The van der Waals surface area contributed by atoms with E-state index >= 15 is 0 Å². The summed E-state index contributed by atoms with van der Waals surface area (Å²) in [6.07, 6.45) is -0.473. The lowest BCUT2D eigenvalue weighted by Gasteiger charge is -2.18. The van der Waals surface area contributed by atoms with Crippen molar-refractivity contribution in [3.8, 4) is 0 Å². The quantitative estimate of drug-likeness (QED) is 0.144. The van der Waals surface area contributed by atoms with E-state index in [2.05, 4.69) is 33.3 Å². The molecule has 12 nitrogen and oxygen atoms in total. The Kier molecular flexibility index (Phi) is 14.4. The Morgan fingerprint density at radius 2 is 1.40 bits per heavy atom. The predicted octanol–water partition coefficient (Wildman–Crippen LogP) is 0.521. The topological polar surface area (TPSA) is 167 Å². The Bertz CT molecular complexity index is 620. The van der Waals surface area contributed by atoms with E-state index in [-0.39, 0.29) is 52.2 Å². The maximum absolute atomic E-state index is 11.8. The van der Waals surface area contributed by atoms with Crippen LogP contribution >= 0.6 is 0 Å². The van der Waals surface area contributed by atoms with E-state index in [1.54, 1.807) is 0 Å². The van der Waals surface area contributed by atoms with Crippen molar-refractivity contribution in [3.05, 3.63) is 25.3 Å². The average molecular weight is 430 g/mol. The SMILES string of the molecule is C=CC(=O)OCCNC(=O)OCC(CCCC(=O)O)OC(=O)NCCOC(=O)C=C. The number of nitrogens with one attached hydrogen (secondary N) is 2. The van der Waals surface area contributed by atoms with Gasteiger partial charge in [0.2, 0.25) is 0 Å². The van der Waals surface area contributed by atoms with Gasteiger partial charge in [-0.3, -0.25) is 4.79 Å². The number of carbonyl (C=O) groups is 5. The lowest BCUT2D eigenvalue weighted by molar-refractivity contribution is -0.138. The van der Waals surface area contributed by atoms with Crippen LogP contribution < -0.4 is 10.6 Å². The van der Waals surface area contributed by atoms with Gasteiger partial charge >= 0.3 is 30.1 Å². The zero-order valence-corrected chi connectivity index (χ0v) is 16.4. The highest BCUT2D eigenvalue weighted by atomic mass is 16.6. The molecular formula is C18H26N2O10. The summed E-state index contributed by atoms with van der Waals surface area (Å²) in [7, 11) is 0. The third-order valence-corrected chi connectivity index (χ3v) is 3.16. The Morgan fingerprint density at radius 3 is 1.90 bits per heavy atom. The molecule has 0 bridgehead atoms. The van der Waals surface area contributed by atoms with Gasteiger partial charge in [-0.15, -0.1) is 0 Å². The average Bonchev–Trinajstić information content (AvgIpc) is 2.71. The van der Waals surface area contributed by atoms with Gasteiger partial charge in [0.05, 0.1) is 13.1 Å². The molecule has 2 amide bonds. The number of carboxylic acids is 1. The predicted molar refractivity (Wildman–Crippen MR) is 101 cm³/mol. The monoisotopic (exact) mass is 430 g/mol. The first-order chi connectivity index (χ1) is 14.3. The maximum atomic E-state index is 11.8. The minimum Gasteiger partial charge on any atom is -0.481 e. The standard InChI is InChI=1S/C18H26N2O10/c1-3-15(23)27-10-8-19-17(25)29-12-13(6-5-7-14(21)22)30-18(26)20-9-11-28-16(24)4-2/h3-4,13H,1-2,5-12H2,(H,19,25)(H,20,26)(H,21,22). The van der Waals surface area contributed by atoms with Crippen LogP contribution in [0.1, 0.15) is 19.3 Å². The molecule has 0 radical (unpaired) electrons. The number of carbonyl (C=O) groups excluding carboxylic acids is 4. The molecule has 30 heavy (non-hydrogen) atoms. The van der Waals surface area contributed by atoms with Crippen LogP contribution in [0.3, 0.4) is 0 Å². The van der Waals surface area contributed by atoms with E-state index in [4.69, 9.17) is 14.6 Å². The van der Waals surface area contributed by atoms with Crippen molar-refractivity contribution in [2.24, 2.45) is 0 Å². The highest BCUT2D eigenvalue weighted by molar-refractivity contribution is 5.81. The molecule has 0 aromatic rings. The molecule has 12 heteroatoms. The largest absolute Gasteiger partial charge is 0.481 e. The molecule has 0 aromatic heterocycles. The zero-order valence-electron chi connectivity index (χ0n) is 16.4. The Labute approximate surface area is 173 Å². The van der Waals surface area contributed by atoms with Crippen LogP contribution in [-0.2, 0) is 33.3 Å². The summed E-state index contributed by atoms with van der Waals surface area (Å²) < 4.78 is 19.4. The molecule has 0 saturated carbocycles. The molecule has 0 aliphatic carbocycles. The van der Waals surface area contributed by atoms with E-state index in [1.165, 1.54) is 0 Å². The number of ether oxygens (including phenoxy) is 4. The first kappa shape index (κ1) is 26.4. The molecule has 0 heterocycles. The number of rotatable bonds is 15. The summed E-state index contributed by atoms with van der Waals surface area (Å²) in [6, 6.07) is 0. The second kappa shape index (κ2) is 16.4. The van der Waals surface area contributed by atoms with Gasteiger partial charge < -0.3 is 34.7 Å². The first-order valence-electron chi connectivity index (χ1n) is 8.93. The Hall–Kier alpha value is -3.57. The molecule has 3 N–H and O–H groups in total. The number of hydrogen-bond acceptors (Lipinski definition) is 9. The van der Waals surface area contributed by atoms with Gasteiger partial charge in [0, 0.05) is 18.6 Å². The summed E-state index contributed by atoms with van der Waals surface area (Å²) in [6.45, 7) is 5.91. The summed E-state index contributed by atoms with van der Waals surface area (Å²) in [5.41, 5.74) is 0. The number of aliphatic carboxylic acids is 1. The van der Waals surface area contributed by atoms with Crippen LogP contribution in [0.15, 0.2) is 25.3 Å². The van der Waals surface area contributed by atoms with Gasteiger partial charge in [0.1, 0.15) is 25.9 Å². The van der Waals surface area contributed by atoms with Crippen LogP contribution in [-0.4, -0.2) is 74.2 Å². The molecule has 0 rings (SSSR count). The van der Waals surface area contributed by atoms with Crippen LogP contribution in [0.2, 0.25) is 0 Å². The zero-order chi connectivity index (χ0) is 22.8. The molecule has 0 saturated heterocycles. The van der Waals surface area contributed by atoms with Gasteiger partial charge in [0.15, 0.2) is 0 Å². The number of hydrogen-bond donors (Lipinski definition) is 3. The van der Waals surface area contributed by atoms with Crippen molar-refractivity contribution in [1.29, 1.82) is 0 Å². The third kappa shape index (κ3) is 15.5. The maximum Gasteiger partial charge on any atom is 0.407 e. The van der Waals surface area contributed by atoms with Gasteiger partial charge in [-0.05, 0) is 12.8 Å². The van der Waals surface area contributed by atoms with E-state index in [9.17, 15) is 24.0 Å². The third-order valence-electron chi connectivity index (χ3n) is 3.16. The van der Waals surface area contributed by atoms with Crippen molar-refractivity contribution in [2.45, 2.75) is 25.4 Å². The van der Waals surface area contributed by atoms with E-state index in [0.717, 1.165) is 12.2 Å². The fraction of sp³-hybridized carbons (Fsp3) is 0.500. The van der Waals surface area contributed by atoms with Gasteiger partial charge in [-0.25, -0.2) is 19.2 Å². The molecule has 0 aliphatic heterocycles. The molecule has 0 aliphatic rings. The Balaban J connectivity index is 4.32. The summed E-state index contributed by atoms with van der Waals surface area (Å²) in [5, 5.41) is 13.4. The van der Waals surface area contributed by atoms with Crippen molar-refractivity contribution in [1.82, 2.24) is 10.6 Å². The number of amides is 2. The minimum absolute atomic E-state index is 0.00708. The van der Waals surface area contributed by atoms with E-state index in [0.29, 0.717) is 0 Å². The van der Waals surface area contributed by atoms with Gasteiger partial charge in [0.25, 0.3) is 0 Å². The fourth-order valence-electron chi connectivity index (χ4n) is 1.80. The summed E-state index contributed by atoms with van der Waals surface area (Å²) in [5.74, 6) is -2.30. The lowest BCUT2D eigenvalue weighted by Crippen LogP contribution is -2.36. The highest BCUT2D eigenvalue weighted by Crippen LogP contribution is 2.07. The summed E-state index contributed by atoms with van der Waals surface area (Å²) in [4.78, 5) is 55.8. The molecule has 1 atom stereocenters. The highest BCUT2D eigenvalue weighted by Gasteiger charge is 2.17.